The fraction of sp³-hybridized carbons (Fsp3) is 0.145. The maximum atomic E-state index is 8.15. The predicted molar refractivity (Wildman–Crippen MR) is 621 cm³/mol. The summed E-state index contributed by atoms with van der Waals surface area (Å²) in [5.74, 6) is 0. The zero-order chi connectivity index (χ0) is 97.4. The van der Waals surface area contributed by atoms with E-state index in [4.69, 9.17) is 4.42 Å². The van der Waals surface area contributed by atoms with Gasteiger partial charge in [0.1, 0.15) is 11.2 Å². The maximum Gasteiger partial charge on any atom is 0.333 e. The molecular formula is C138H108B2N4O. The highest BCUT2D eigenvalue weighted by atomic mass is 16.3. The molecule has 4 aliphatic heterocycles. The SMILES string of the molecule is CC(C)(C)c1cc(N2c3cc4c(Cc5ccccc5)c5cc(-c6ccc7c(c6)oc6c8c9c(cc67)N(c6cc(C(C)(C)C)cc(C(C)(C)C)c6)c6cc7c(Cc%10ccccc%10)c%10ccccc%10c(Cc%10ccccc%10)c7cc6B9n6c7ccccc7c7c9ccccc9cc-8c76)ccc5c(Cc5ccccc5)c4cc3B3c4c2cc2ccccc2c4-c2cc4ccccc4c4c5ccccc5n3c24)cc(C(C)(C)C)c1. The van der Waals surface area contributed by atoms with Gasteiger partial charge in [0.2, 0.25) is 0 Å². The van der Waals surface area contributed by atoms with E-state index < -0.39 is 0 Å². The quantitative estimate of drug-likeness (QED) is 0.0955. The Hall–Kier alpha value is -16.2. The molecule has 7 heterocycles. The number of anilines is 6. The summed E-state index contributed by atoms with van der Waals surface area (Å²) in [6.07, 6.45) is 2.94. The largest absolute Gasteiger partial charge is 0.455 e. The van der Waals surface area contributed by atoms with Crippen molar-refractivity contribution in [2.45, 2.75) is 130 Å². The number of fused-ring (bicyclic) bond motifs is 28. The van der Waals surface area contributed by atoms with Gasteiger partial charge in [-0.3, -0.25) is 0 Å². The standard InChI is InChI=1S/C138H108B2N4O/c1-135(2,3)90-70-91(136(4,5)6)73-94(72-90)141-121-79-113-108(64-84-43-23-16-24-44-84)109-65-85(57-59-101(109)107(63-83-41-21-15-22-42-83)111(113)77-117(121)139-130-123(141)68-89-47-27-28-48-96(89)126(130)115-66-87-45-25-29-49-97(87)127-103-53-33-35-55-119(103)143(139)132(115)127)86-58-60-102-114-80-124-131-129(134(114)145-125(102)69-86)116-67-88-46-26-30-50-98(88)128-104-54-34-36-56-120(104)144(133(116)128)140(131)118-76-110-105(61-81-37-17-13-18-38-81)99-51-31-32-52-100(99)106(62-82-39-19-14-20-40-82)112(110)78-122(118)142(124)95-74-92(137(7,8)9)71-93(75-95)138(10,11)12/h13-60,65-80H,61-64H2,1-12H3. The van der Waals surface area contributed by atoms with Crippen LogP contribution >= 0.6 is 0 Å². The van der Waals surface area contributed by atoms with Crippen molar-refractivity contribution in [1.29, 1.82) is 0 Å². The molecule has 0 unspecified atom stereocenters. The Morgan fingerprint density at radius 1 is 0.241 bits per heavy atom. The molecular weight excluding hydrogens is 1750 g/mol. The molecule has 0 spiro atoms. The number of nitrogens with zero attached hydrogens (tertiary/aromatic N) is 4. The second-order valence-electron chi connectivity index (χ2n) is 46.1. The number of rotatable bonds is 11. The van der Waals surface area contributed by atoms with Crippen molar-refractivity contribution in [2.24, 2.45) is 0 Å². The molecule has 0 saturated carbocycles. The van der Waals surface area contributed by atoms with E-state index in [-0.39, 0.29) is 35.4 Å². The first-order valence-electron chi connectivity index (χ1n) is 52.1. The normalized spacial score (nSPS) is 13.4. The van der Waals surface area contributed by atoms with Crippen molar-refractivity contribution in [1.82, 2.24) is 8.96 Å². The second kappa shape index (κ2) is 31.2. The summed E-state index contributed by atoms with van der Waals surface area (Å²) in [7, 11) is 0. The second-order valence-corrected chi connectivity index (χ2v) is 46.1. The van der Waals surface area contributed by atoms with E-state index in [1.807, 2.05) is 0 Å². The molecule has 145 heavy (non-hydrogen) atoms. The average Bonchev–Trinajstić information content (AvgIpc) is 1.55. The average molecular weight is 1860 g/mol. The Kier molecular flexibility index (Phi) is 18.4. The van der Waals surface area contributed by atoms with Gasteiger partial charge in [0, 0.05) is 105 Å². The molecule has 22 aromatic carbocycles. The molecule has 0 atom stereocenters. The van der Waals surface area contributed by atoms with Gasteiger partial charge in [-0.1, -0.05) is 380 Å². The smallest absolute Gasteiger partial charge is 0.333 e. The Bertz CT molecular complexity index is 9880. The third-order valence-corrected chi connectivity index (χ3v) is 33.3. The van der Waals surface area contributed by atoms with Gasteiger partial charge in [0.15, 0.2) is 0 Å². The van der Waals surface area contributed by atoms with Crippen LogP contribution in [-0.2, 0) is 47.3 Å². The van der Waals surface area contributed by atoms with E-state index in [0.717, 1.165) is 69.3 Å². The van der Waals surface area contributed by atoms with Gasteiger partial charge in [-0.25, -0.2) is 0 Å². The summed E-state index contributed by atoms with van der Waals surface area (Å²) in [5.41, 5.74) is 40.9. The highest BCUT2D eigenvalue weighted by Crippen LogP contribution is 2.57. The zero-order valence-electron chi connectivity index (χ0n) is 84.1. The van der Waals surface area contributed by atoms with Crippen LogP contribution in [0.2, 0.25) is 0 Å². The molecule has 0 radical (unpaired) electrons. The molecule has 0 fully saturated rings. The van der Waals surface area contributed by atoms with E-state index in [9.17, 15) is 0 Å². The molecule has 0 amide bonds. The van der Waals surface area contributed by atoms with Gasteiger partial charge in [-0.15, -0.1) is 0 Å². The maximum absolute atomic E-state index is 8.15. The van der Waals surface area contributed by atoms with Gasteiger partial charge in [-0.05, 0) is 319 Å². The summed E-state index contributed by atoms with van der Waals surface area (Å²) < 4.78 is 13.7. The molecule has 25 aromatic rings. The van der Waals surface area contributed by atoms with Crippen LogP contribution in [0.4, 0.5) is 34.1 Å². The summed E-state index contributed by atoms with van der Waals surface area (Å²) in [5, 5.41) is 24.9. The molecule has 0 aliphatic carbocycles. The Morgan fingerprint density at radius 2 is 0.566 bits per heavy atom. The summed E-state index contributed by atoms with van der Waals surface area (Å²) in [6, 6.07) is 151. The van der Waals surface area contributed by atoms with E-state index in [0.29, 0.717) is 6.42 Å². The first-order valence-corrected chi connectivity index (χ1v) is 52.1. The first kappa shape index (κ1) is 85.6. The molecule has 4 aliphatic rings. The Balaban J connectivity index is 0.711. The number of benzene rings is 22. The lowest BCUT2D eigenvalue weighted by molar-refractivity contribution is 0.568. The van der Waals surface area contributed by atoms with Crippen molar-refractivity contribution < 1.29 is 4.42 Å². The lowest BCUT2D eigenvalue weighted by atomic mass is 9.44. The van der Waals surface area contributed by atoms with Crippen LogP contribution in [0.3, 0.4) is 0 Å². The van der Waals surface area contributed by atoms with E-state index in [1.54, 1.807) is 0 Å². The topological polar surface area (TPSA) is 29.5 Å². The molecule has 3 aromatic heterocycles. The Labute approximate surface area is 846 Å². The van der Waals surface area contributed by atoms with Crippen molar-refractivity contribution in [3.8, 4) is 33.4 Å². The molecule has 692 valence electrons. The molecule has 0 N–H and O–H groups in total. The number of furan rings is 1. The lowest BCUT2D eigenvalue weighted by Crippen LogP contribution is -2.56. The van der Waals surface area contributed by atoms with Gasteiger partial charge < -0.3 is 23.2 Å². The summed E-state index contributed by atoms with van der Waals surface area (Å²) >= 11 is 0. The van der Waals surface area contributed by atoms with E-state index in [1.165, 1.54) is 247 Å². The van der Waals surface area contributed by atoms with Crippen LogP contribution in [0.5, 0.6) is 0 Å². The number of hydrogen-bond acceptors (Lipinski definition) is 3. The summed E-state index contributed by atoms with van der Waals surface area (Å²) in [6.45, 7) is 28.1. The third-order valence-electron chi connectivity index (χ3n) is 33.3. The van der Waals surface area contributed by atoms with Crippen LogP contribution in [0.25, 0.3) is 174 Å². The third kappa shape index (κ3) is 12.9. The monoisotopic (exact) mass is 1860 g/mol. The molecule has 5 nitrogen and oxygen atoms in total. The predicted octanol–water partition coefficient (Wildman–Crippen LogP) is 33.9. The van der Waals surface area contributed by atoms with Crippen molar-refractivity contribution in [3.05, 3.63) is 455 Å². The summed E-state index contributed by atoms with van der Waals surface area (Å²) in [4.78, 5) is 5.45. The number of aromatic nitrogens is 2. The van der Waals surface area contributed by atoms with Gasteiger partial charge in [-0.2, -0.15) is 0 Å². The number of hydrogen-bond donors (Lipinski definition) is 0. The highest BCUT2D eigenvalue weighted by Gasteiger charge is 2.49. The van der Waals surface area contributed by atoms with E-state index in [2.05, 4.69) is 490 Å². The lowest BCUT2D eigenvalue weighted by Gasteiger charge is -2.42. The van der Waals surface area contributed by atoms with Gasteiger partial charge in [0.25, 0.3) is 0 Å². The Morgan fingerprint density at radius 3 is 1.00 bits per heavy atom. The van der Waals surface area contributed by atoms with Gasteiger partial charge >= 0.3 is 13.7 Å². The molecule has 0 bridgehead atoms. The minimum atomic E-state index is -0.313. The van der Waals surface area contributed by atoms with Crippen LogP contribution in [0, 0.1) is 0 Å². The van der Waals surface area contributed by atoms with E-state index >= 15 is 0 Å². The van der Waals surface area contributed by atoms with Crippen molar-refractivity contribution in [2.75, 3.05) is 9.80 Å². The minimum Gasteiger partial charge on any atom is -0.455 e. The fourth-order valence-electron chi connectivity index (χ4n) is 26.3. The van der Waals surface area contributed by atoms with Crippen molar-refractivity contribution in [3.63, 3.8) is 0 Å². The highest BCUT2D eigenvalue weighted by molar-refractivity contribution is 6.91. The van der Waals surface area contributed by atoms with Crippen LogP contribution in [0.15, 0.2) is 393 Å². The molecule has 29 rings (SSSR count). The van der Waals surface area contributed by atoms with Crippen molar-refractivity contribution >= 4 is 211 Å². The van der Waals surface area contributed by atoms with Crippen LogP contribution in [0.1, 0.15) is 150 Å². The molecule has 7 heteroatoms. The first-order chi connectivity index (χ1) is 70.4. The van der Waals surface area contributed by atoms with Crippen LogP contribution in [-0.4, -0.2) is 22.7 Å². The number of para-hydroxylation sites is 2. The fourth-order valence-corrected chi connectivity index (χ4v) is 26.3. The molecule has 0 saturated heterocycles. The minimum absolute atomic E-state index is 0.171. The zero-order valence-corrected chi connectivity index (χ0v) is 84.1. The van der Waals surface area contributed by atoms with Gasteiger partial charge in [0.05, 0.1) is 0 Å². The van der Waals surface area contributed by atoms with Crippen LogP contribution < -0.4 is 31.7 Å².